The van der Waals surface area contributed by atoms with Gasteiger partial charge in [0.05, 0.1) is 5.69 Å². The van der Waals surface area contributed by atoms with E-state index in [-0.39, 0.29) is 30.8 Å². The minimum atomic E-state index is -4.12. The van der Waals surface area contributed by atoms with E-state index < -0.39 is 41.3 Å². The van der Waals surface area contributed by atoms with E-state index in [0.29, 0.717) is 6.42 Å². The lowest BCUT2D eigenvalue weighted by atomic mass is 9.78. The summed E-state index contributed by atoms with van der Waals surface area (Å²) in [5.74, 6) is -2.06. The molecule has 2 atom stereocenters. The van der Waals surface area contributed by atoms with E-state index in [4.69, 9.17) is 21.5 Å². The van der Waals surface area contributed by atoms with Gasteiger partial charge < -0.3 is 26.6 Å². The Bertz CT molecular complexity index is 763. The average molecular weight is 387 g/mol. The summed E-state index contributed by atoms with van der Waals surface area (Å²) < 4.78 is 28.3. The molecular weight excluding hydrogens is 365 g/mol. The molecule has 144 valence electrons. The topological polar surface area (TPSA) is 192 Å². The predicted octanol–water partition coefficient (Wildman–Crippen LogP) is -1.71. The molecule has 0 radical (unpaired) electrons. The third-order valence-corrected chi connectivity index (χ3v) is 5.82. The van der Waals surface area contributed by atoms with Gasteiger partial charge in [-0.25, -0.2) is 4.98 Å². The van der Waals surface area contributed by atoms with Crippen LogP contribution in [-0.2, 0) is 15.0 Å². The zero-order chi connectivity index (χ0) is 19.5. The van der Waals surface area contributed by atoms with Gasteiger partial charge in [0.15, 0.2) is 5.82 Å². The first-order valence-electron chi connectivity index (χ1n) is 7.93. The summed E-state index contributed by atoms with van der Waals surface area (Å²) in [6.45, 7) is -0.539. The van der Waals surface area contributed by atoms with Crippen LogP contribution >= 0.6 is 0 Å². The molecule has 1 aromatic heterocycles. The number of carbonyl (C=O) groups is 1. The fraction of sp³-hybridized carbons (Fsp3) is 0.538. The van der Waals surface area contributed by atoms with Crippen molar-refractivity contribution in [2.45, 2.75) is 24.7 Å². The summed E-state index contributed by atoms with van der Waals surface area (Å²) in [7, 11) is -5.63. The monoisotopic (exact) mass is 387 g/mol. The fourth-order valence-corrected chi connectivity index (χ4v) is 4.21. The van der Waals surface area contributed by atoms with E-state index in [9.17, 15) is 18.3 Å². The Morgan fingerprint density at radius 3 is 2.77 bits per heavy atom. The summed E-state index contributed by atoms with van der Waals surface area (Å²) in [5.41, 5.74) is 10.0. The Morgan fingerprint density at radius 1 is 1.50 bits per heavy atom. The molecule has 0 amide bonds. The molecule has 1 aromatic rings. The van der Waals surface area contributed by atoms with Gasteiger partial charge >= 0.3 is 23.3 Å². The van der Waals surface area contributed by atoms with Gasteiger partial charge in [-0.1, -0.05) is 6.42 Å². The molecule has 0 aliphatic carbocycles. The lowest BCUT2D eigenvalue weighted by molar-refractivity contribution is -0.144. The van der Waals surface area contributed by atoms with Crippen molar-refractivity contribution in [3.8, 4) is 0 Å². The molecule has 0 bridgehead atoms. The molecule has 13 heteroatoms. The lowest BCUT2D eigenvalue weighted by Crippen LogP contribution is -2.55. The number of nitrogens with zero attached hydrogens (tertiary/aromatic N) is 2. The third kappa shape index (κ3) is 4.42. The minimum Gasteiger partial charge on any atom is -0.480 e. The summed E-state index contributed by atoms with van der Waals surface area (Å²) in [6, 6.07) is 3.02. The number of rotatable bonds is 8. The third-order valence-electron chi connectivity index (χ3n) is 4.41. The normalized spacial score (nSPS) is 23.7. The molecule has 11 nitrogen and oxygen atoms in total. The van der Waals surface area contributed by atoms with Crippen molar-refractivity contribution >= 4 is 34.8 Å². The predicted molar refractivity (Wildman–Crippen MR) is 95.0 cm³/mol. The number of aliphatic carboxylic acids is 1. The Labute approximate surface area is 151 Å². The molecular formula is C13H22BN5O6S. The van der Waals surface area contributed by atoms with Crippen LogP contribution in [0, 0.1) is 5.92 Å². The zero-order valence-corrected chi connectivity index (χ0v) is 14.8. The van der Waals surface area contributed by atoms with Gasteiger partial charge in [-0.3, -0.25) is 9.52 Å². The fourth-order valence-electron chi connectivity index (χ4n) is 2.90. The van der Waals surface area contributed by atoms with Crippen molar-refractivity contribution in [2.24, 2.45) is 11.7 Å². The second-order valence-corrected chi connectivity index (χ2v) is 7.97. The molecule has 0 unspecified atom stereocenters. The van der Waals surface area contributed by atoms with Crippen LogP contribution < -0.4 is 16.2 Å². The quantitative estimate of drug-likeness (QED) is 0.282. The van der Waals surface area contributed by atoms with Crippen molar-refractivity contribution in [3.63, 3.8) is 0 Å². The number of nitrogen functional groups attached to an aromatic ring is 1. The number of hydrogen-bond acceptors (Lipinski definition) is 8. The number of anilines is 2. The van der Waals surface area contributed by atoms with Crippen LogP contribution in [-0.4, -0.2) is 64.6 Å². The average Bonchev–Trinajstić information content (AvgIpc) is 2.89. The molecule has 1 saturated heterocycles. The maximum absolute atomic E-state index is 12.6. The molecule has 1 aliphatic heterocycles. The highest BCUT2D eigenvalue weighted by Crippen LogP contribution is 2.32. The van der Waals surface area contributed by atoms with Crippen molar-refractivity contribution in [1.82, 2.24) is 9.29 Å². The standard InChI is InChI=1S/C13H22BN5O6S/c15-10-4-2-6-17-11(10)18-26(24,25)19-7-9(3-1-5-14(22)23)13(16,8-19)12(20)21/h2,4,6,9,22-23H,1,3,5,7-8,15-16H2,(H,17,18)(H,20,21)/t9-,13-/m0/s1. The van der Waals surface area contributed by atoms with E-state index in [0.717, 1.165) is 4.31 Å². The van der Waals surface area contributed by atoms with E-state index >= 15 is 0 Å². The molecule has 8 N–H and O–H groups in total. The first-order valence-corrected chi connectivity index (χ1v) is 9.37. The summed E-state index contributed by atoms with van der Waals surface area (Å²) in [6.07, 6.45) is 1.94. The zero-order valence-electron chi connectivity index (χ0n) is 13.9. The van der Waals surface area contributed by atoms with E-state index in [1.54, 1.807) is 6.07 Å². The number of carboxylic acids is 1. The number of nitrogens with one attached hydrogen (secondary N) is 1. The van der Waals surface area contributed by atoms with Gasteiger partial charge in [-0.2, -0.15) is 12.7 Å². The largest absolute Gasteiger partial charge is 0.480 e. The lowest BCUT2D eigenvalue weighted by Gasteiger charge is -2.25. The maximum atomic E-state index is 12.6. The van der Waals surface area contributed by atoms with Gasteiger partial charge in [0, 0.05) is 25.2 Å². The molecule has 2 rings (SSSR count). The Morgan fingerprint density at radius 2 is 2.19 bits per heavy atom. The van der Waals surface area contributed by atoms with Gasteiger partial charge in [0.25, 0.3) is 0 Å². The Hall–Kier alpha value is -1.93. The van der Waals surface area contributed by atoms with Crippen molar-refractivity contribution in [3.05, 3.63) is 18.3 Å². The molecule has 0 spiro atoms. The first kappa shape index (κ1) is 20.4. The number of aromatic nitrogens is 1. The highest BCUT2D eigenvalue weighted by molar-refractivity contribution is 7.90. The van der Waals surface area contributed by atoms with Crippen LogP contribution in [0.3, 0.4) is 0 Å². The Balaban J connectivity index is 2.16. The molecule has 2 heterocycles. The second kappa shape index (κ2) is 7.76. The van der Waals surface area contributed by atoms with Crippen molar-refractivity contribution in [1.29, 1.82) is 0 Å². The molecule has 0 saturated carbocycles. The van der Waals surface area contributed by atoms with Gasteiger partial charge in [-0.15, -0.1) is 0 Å². The van der Waals surface area contributed by atoms with Crippen molar-refractivity contribution < 1.29 is 28.4 Å². The van der Waals surface area contributed by atoms with E-state index in [1.807, 2.05) is 0 Å². The minimum absolute atomic E-state index is 0.0433. The number of nitrogens with two attached hydrogens (primary N) is 2. The van der Waals surface area contributed by atoms with Crippen LogP contribution in [0.5, 0.6) is 0 Å². The number of carboxylic acid groups (broad SMARTS) is 1. The van der Waals surface area contributed by atoms with Gasteiger partial charge in [0.1, 0.15) is 5.54 Å². The Kier molecular flexibility index (Phi) is 6.08. The van der Waals surface area contributed by atoms with Crippen LogP contribution in [0.2, 0.25) is 6.32 Å². The maximum Gasteiger partial charge on any atom is 0.451 e. The number of hydrogen-bond donors (Lipinski definition) is 6. The molecule has 1 fully saturated rings. The summed E-state index contributed by atoms with van der Waals surface area (Å²) >= 11 is 0. The molecule has 1 aliphatic rings. The number of pyridine rings is 1. The SMILES string of the molecule is Nc1cccnc1NS(=O)(=O)N1C[C@H](CCCB(O)O)[C@](N)(C(=O)O)C1. The highest BCUT2D eigenvalue weighted by Gasteiger charge is 2.52. The van der Waals surface area contributed by atoms with Gasteiger partial charge in [-0.05, 0) is 24.9 Å². The first-order chi connectivity index (χ1) is 12.1. The molecule has 26 heavy (non-hydrogen) atoms. The van der Waals surface area contributed by atoms with Crippen LogP contribution in [0.25, 0.3) is 0 Å². The summed E-state index contributed by atoms with van der Waals surface area (Å²) in [4.78, 5) is 15.5. The van der Waals surface area contributed by atoms with Crippen molar-refractivity contribution in [2.75, 3.05) is 23.5 Å². The second-order valence-electron chi connectivity index (χ2n) is 6.29. The van der Waals surface area contributed by atoms with Crippen LogP contribution in [0.4, 0.5) is 11.5 Å². The van der Waals surface area contributed by atoms with Gasteiger partial charge in [0.2, 0.25) is 0 Å². The van der Waals surface area contributed by atoms with Crippen LogP contribution in [0.1, 0.15) is 12.8 Å². The molecule has 0 aromatic carbocycles. The van der Waals surface area contributed by atoms with E-state index in [2.05, 4.69) is 9.71 Å². The van der Waals surface area contributed by atoms with Crippen LogP contribution in [0.15, 0.2) is 18.3 Å². The smallest absolute Gasteiger partial charge is 0.451 e. The van der Waals surface area contributed by atoms with E-state index in [1.165, 1.54) is 12.3 Å². The highest BCUT2D eigenvalue weighted by atomic mass is 32.2. The summed E-state index contributed by atoms with van der Waals surface area (Å²) in [5, 5.41) is 27.3.